The maximum atomic E-state index is 12.3. The zero-order chi connectivity index (χ0) is 19.1. The normalized spacial score (nSPS) is 19.8. The average molecular weight is 352 g/mol. The maximum absolute atomic E-state index is 12.3. The van der Waals surface area contributed by atoms with Gasteiger partial charge in [0.15, 0.2) is 0 Å². The number of pyridine rings is 1. The molecule has 2 aromatic rings. The van der Waals surface area contributed by atoms with Crippen LogP contribution in [0.4, 0.5) is 5.82 Å². The number of amides is 1. The molecule has 138 valence electrons. The Bertz CT molecular complexity index is 876. The van der Waals surface area contributed by atoms with Gasteiger partial charge < -0.3 is 9.88 Å². The van der Waals surface area contributed by atoms with Gasteiger partial charge in [-0.3, -0.25) is 4.79 Å². The van der Waals surface area contributed by atoms with Gasteiger partial charge in [-0.2, -0.15) is 5.26 Å². The Hall–Kier alpha value is -2.35. The van der Waals surface area contributed by atoms with Gasteiger partial charge in [0.05, 0.1) is 17.1 Å². The Morgan fingerprint density at radius 1 is 1.35 bits per heavy atom. The minimum absolute atomic E-state index is 0.000572. The summed E-state index contributed by atoms with van der Waals surface area (Å²) in [7, 11) is 0. The first kappa shape index (κ1) is 18.4. The maximum Gasteiger partial charge on any atom is 0.226 e. The number of carbonyl (C=O) groups excluding carboxylic acids is 1. The predicted molar refractivity (Wildman–Crippen MR) is 104 cm³/mol. The Morgan fingerprint density at radius 3 is 2.65 bits per heavy atom. The minimum atomic E-state index is -0.0495. The van der Waals surface area contributed by atoms with Crippen LogP contribution in [0.25, 0.3) is 11.0 Å². The summed E-state index contributed by atoms with van der Waals surface area (Å²) in [6, 6.07) is 6.54. The van der Waals surface area contributed by atoms with E-state index in [1.54, 1.807) is 0 Å². The van der Waals surface area contributed by atoms with Crippen LogP contribution in [0.1, 0.15) is 51.3 Å². The van der Waals surface area contributed by atoms with Crippen molar-refractivity contribution in [1.29, 1.82) is 5.26 Å². The molecule has 1 saturated carbocycles. The Morgan fingerprint density at radius 2 is 2.04 bits per heavy atom. The van der Waals surface area contributed by atoms with Gasteiger partial charge in [-0.05, 0) is 55.7 Å². The molecule has 0 aromatic carbocycles. The van der Waals surface area contributed by atoms with E-state index < -0.39 is 0 Å². The quantitative estimate of drug-likeness (QED) is 0.875. The third-order valence-electron chi connectivity index (χ3n) is 5.09. The molecule has 0 saturated heterocycles. The summed E-state index contributed by atoms with van der Waals surface area (Å²) in [6.45, 7) is 11.2. The van der Waals surface area contributed by atoms with Gasteiger partial charge in [-0.1, -0.05) is 20.8 Å². The van der Waals surface area contributed by atoms with Crippen LogP contribution in [0.2, 0.25) is 0 Å². The first-order chi connectivity index (χ1) is 12.2. The fourth-order valence-corrected chi connectivity index (χ4v) is 3.68. The molecule has 1 N–H and O–H groups in total. The SMILES string of the molecule is Cc1cc2c(cc(C)n2CC2CC(C#N)C2)nc1NC(=O)CC(C)(C)C. The molecule has 0 bridgehead atoms. The van der Waals surface area contributed by atoms with Gasteiger partial charge in [0.1, 0.15) is 5.82 Å². The molecule has 1 fully saturated rings. The molecular formula is C21H28N4O. The standard InChI is InChI=1S/C21H28N4O/c1-13-6-18-17(23-20(13)24-19(26)10-21(3,4)5)7-14(2)25(18)12-16-8-15(9-16)11-22/h6-7,15-16H,8-10,12H2,1-5H3,(H,23,24,26). The lowest BCUT2D eigenvalue weighted by atomic mass is 9.76. The number of anilines is 1. The van der Waals surface area contributed by atoms with Crippen molar-refractivity contribution in [2.45, 2.75) is 60.4 Å². The number of nitrogens with one attached hydrogen (secondary N) is 1. The molecular weight excluding hydrogens is 324 g/mol. The average Bonchev–Trinajstić information content (AvgIpc) is 2.76. The highest BCUT2D eigenvalue weighted by Crippen LogP contribution is 2.36. The van der Waals surface area contributed by atoms with Crippen molar-refractivity contribution >= 4 is 22.8 Å². The van der Waals surface area contributed by atoms with Crippen LogP contribution in [-0.2, 0) is 11.3 Å². The summed E-state index contributed by atoms with van der Waals surface area (Å²) in [4.78, 5) is 17.0. The van der Waals surface area contributed by atoms with Crippen molar-refractivity contribution in [3.63, 3.8) is 0 Å². The van der Waals surface area contributed by atoms with Crippen LogP contribution in [0.15, 0.2) is 12.1 Å². The molecule has 3 rings (SSSR count). The Labute approximate surface area is 155 Å². The lowest BCUT2D eigenvalue weighted by molar-refractivity contribution is -0.117. The number of carbonyl (C=O) groups is 1. The molecule has 0 spiro atoms. The van der Waals surface area contributed by atoms with Crippen molar-refractivity contribution in [2.75, 3.05) is 5.32 Å². The van der Waals surface area contributed by atoms with Crippen molar-refractivity contribution in [3.05, 3.63) is 23.4 Å². The fourth-order valence-electron chi connectivity index (χ4n) is 3.68. The molecule has 5 heteroatoms. The first-order valence-corrected chi connectivity index (χ1v) is 9.33. The smallest absolute Gasteiger partial charge is 0.226 e. The molecule has 0 unspecified atom stereocenters. The monoisotopic (exact) mass is 352 g/mol. The van der Waals surface area contributed by atoms with E-state index in [1.165, 1.54) is 5.69 Å². The summed E-state index contributed by atoms with van der Waals surface area (Å²) < 4.78 is 2.30. The van der Waals surface area contributed by atoms with Gasteiger partial charge in [0.2, 0.25) is 5.91 Å². The highest BCUT2D eigenvalue weighted by Gasteiger charge is 2.29. The number of nitriles is 1. The molecule has 2 aromatic heterocycles. The highest BCUT2D eigenvalue weighted by molar-refractivity contribution is 5.92. The lowest BCUT2D eigenvalue weighted by Gasteiger charge is -2.31. The van der Waals surface area contributed by atoms with E-state index in [1.807, 2.05) is 6.92 Å². The molecule has 0 radical (unpaired) electrons. The van der Waals surface area contributed by atoms with Crippen molar-refractivity contribution in [2.24, 2.45) is 17.3 Å². The zero-order valence-electron chi connectivity index (χ0n) is 16.4. The van der Waals surface area contributed by atoms with Crippen LogP contribution >= 0.6 is 0 Å². The third-order valence-corrected chi connectivity index (χ3v) is 5.09. The summed E-state index contributed by atoms with van der Waals surface area (Å²) >= 11 is 0. The van der Waals surface area contributed by atoms with Crippen LogP contribution in [0.5, 0.6) is 0 Å². The fraction of sp³-hybridized carbons (Fsp3) is 0.571. The molecule has 2 heterocycles. The number of hydrogen-bond acceptors (Lipinski definition) is 3. The molecule has 0 aliphatic heterocycles. The van der Waals surface area contributed by atoms with Gasteiger partial charge >= 0.3 is 0 Å². The van der Waals surface area contributed by atoms with Gasteiger partial charge in [0.25, 0.3) is 0 Å². The van der Waals surface area contributed by atoms with Crippen molar-refractivity contribution in [1.82, 2.24) is 9.55 Å². The largest absolute Gasteiger partial charge is 0.343 e. The van der Waals surface area contributed by atoms with Crippen LogP contribution in [-0.4, -0.2) is 15.5 Å². The topological polar surface area (TPSA) is 70.7 Å². The second-order valence-corrected chi connectivity index (χ2v) is 8.90. The van der Waals surface area contributed by atoms with E-state index in [0.717, 1.165) is 36.0 Å². The van der Waals surface area contributed by atoms with Crippen LogP contribution in [0.3, 0.4) is 0 Å². The minimum Gasteiger partial charge on any atom is -0.343 e. The molecule has 1 aliphatic carbocycles. The molecule has 0 atom stereocenters. The van der Waals surface area contributed by atoms with E-state index in [9.17, 15) is 4.79 Å². The van der Waals surface area contributed by atoms with Gasteiger partial charge in [0, 0.05) is 24.6 Å². The zero-order valence-corrected chi connectivity index (χ0v) is 16.4. The highest BCUT2D eigenvalue weighted by atomic mass is 16.1. The molecule has 1 aliphatic rings. The van der Waals surface area contributed by atoms with E-state index in [4.69, 9.17) is 10.2 Å². The van der Waals surface area contributed by atoms with Crippen LogP contribution in [0, 0.1) is 42.4 Å². The van der Waals surface area contributed by atoms with Gasteiger partial charge in [-0.25, -0.2) is 4.98 Å². The van der Waals surface area contributed by atoms with E-state index >= 15 is 0 Å². The summed E-state index contributed by atoms with van der Waals surface area (Å²) in [5.41, 5.74) is 4.11. The molecule has 5 nitrogen and oxygen atoms in total. The van der Waals surface area contributed by atoms with Crippen LogP contribution < -0.4 is 5.32 Å². The second-order valence-electron chi connectivity index (χ2n) is 8.90. The number of aromatic nitrogens is 2. The summed E-state index contributed by atoms with van der Waals surface area (Å²) in [5.74, 6) is 1.45. The van der Waals surface area contributed by atoms with E-state index in [2.05, 4.69) is 55.8 Å². The second kappa shape index (κ2) is 6.75. The summed E-state index contributed by atoms with van der Waals surface area (Å²) in [6.07, 6.45) is 2.44. The molecule has 26 heavy (non-hydrogen) atoms. The number of fused-ring (bicyclic) bond motifs is 1. The van der Waals surface area contributed by atoms with Crippen molar-refractivity contribution < 1.29 is 4.79 Å². The number of hydrogen-bond donors (Lipinski definition) is 1. The number of rotatable bonds is 4. The third kappa shape index (κ3) is 3.90. The van der Waals surface area contributed by atoms with E-state index in [0.29, 0.717) is 18.2 Å². The first-order valence-electron chi connectivity index (χ1n) is 9.33. The summed E-state index contributed by atoms with van der Waals surface area (Å²) in [5, 5.41) is 11.9. The Kier molecular flexibility index (Phi) is 4.79. The lowest BCUT2D eigenvalue weighted by Crippen LogP contribution is -2.26. The van der Waals surface area contributed by atoms with Gasteiger partial charge in [-0.15, -0.1) is 0 Å². The Balaban J connectivity index is 1.81. The predicted octanol–water partition coefficient (Wildman–Crippen LogP) is 4.58. The number of aryl methyl sites for hydroxylation is 2. The van der Waals surface area contributed by atoms with Crippen molar-refractivity contribution in [3.8, 4) is 6.07 Å². The number of nitrogens with zero attached hydrogens (tertiary/aromatic N) is 3. The van der Waals surface area contributed by atoms with E-state index in [-0.39, 0.29) is 17.2 Å². The molecule has 1 amide bonds.